The Hall–Kier alpha value is -2.72. The maximum atomic E-state index is 12.4. The van der Waals surface area contributed by atoms with Crippen molar-refractivity contribution in [2.75, 3.05) is 0 Å². The normalized spacial score (nSPS) is 11.9. The number of hydrogen-bond donors (Lipinski definition) is 2. The molecule has 3 rings (SSSR count). The Bertz CT molecular complexity index is 1110. The van der Waals surface area contributed by atoms with Crippen LogP contribution in [0, 0.1) is 0 Å². The molecule has 2 aromatic heterocycles. The van der Waals surface area contributed by atoms with Crippen molar-refractivity contribution in [3.8, 4) is 0 Å². The van der Waals surface area contributed by atoms with E-state index in [0.29, 0.717) is 11.3 Å². The zero-order valence-corrected chi connectivity index (χ0v) is 13.8. The maximum absolute atomic E-state index is 12.4. The molecule has 3 aromatic rings. The number of nitrogens with zero attached hydrogens (tertiary/aromatic N) is 3. The van der Waals surface area contributed by atoms with Crippen LogP contribution in [0.5, 0.6) is 0 Å². The number of para-hydroxylation sites is 2. The van der Waals surface area contributed by atoms with Crippen LogP contribution >= 0.6 is 0 Å². The number of aromatic nitrogens is 4. The molecule has 0 radical (unpaired) electrons. The predicted octanol–water partition coefficient (Wildman–Crippen LogP) is -0.561. The molecule has 2 N–H and O–H groups in total. The SMILES string of the molecule is Cn1cc(S(=O)(=O)NCc2nc3ccccc3[nH]2)c(=O)n(C)c1=O. The topological polar surface area (TPSA) is 119 Å². The van der Waals surface area contributed by atoms with Crippen LogP contribution < -0.4 is 16.0 Å². The van der Waals surface area contributed by atoms with E-state index in [0.717, 1.165) is 20.8 Å². The third-order valence-electron chi connectivity index (χ3n) is 3.57. The summed E-state index contributed by atoms with van der Waals surface area (Å²) >= 11 is 0. The minimum Gasteiger partial charge on any atom is -0.341 e. The lowest BCUT2D eigenvalue weighted by Crippen LogP contribution is -2.41. The number of sulfonamides is 1. The van der Waals surface area contributed by atoms with Crippen LogP contribution in [0.15, 0.2) is 44.9 Å². The first-order valence-electron chi connectivity index (χ1n) is 6.99. The van der Waals surface area contributed by atoms with Gasteiger partial charge < -0.3 is 9.55 Å². The molecule has 1 aromatic carbocycles. The molecule has 2 heterocycles. The zero-order chi connectivity index (χ0) is 17.5. The summed E-state index contributed by atoms with van der Waals surface area (Å²) in [4.78, 5) is 30.4. The van der Waals surface area contributed by atoms with Crippen LogP contribution in [-0.4, -0.2) is 27.5 Å². The van der Waals surface area contributed by atoms with Crippen molar-refractivity contribution in [1.29, 1.82) is 0 Å². The monoisotopic (exact) mass is 349 g/mol. The molecule has 9 nitrogen and oxygen atoms in total. The van der Waals surface area contributed by atoms with Gasteiger partial charge in [-0.3, -0.25) is 9.36 Å². The van der Waals surface area contributed by atoms with Crippen molar-refractivity contribution in [2.45, 2.75) is 11.4 Å². The van der Waals surface area contributed by atoms with Gasteiger partial charge in [0.1, 0.15) is 5.82 Å². The number of fused-ring (bicyclic) bond motifs is 1. The van der Waals surface area contributed by atoms with Gasteiger partial charge in [-0.15, -0.1) is 0 Å². The van der Waals surface area contributed by atoms with Crippen molar-refractivity contribution in [2.24, 2.45) is 14.1 Å². The van der Waals surface area contributed by atoms with E-state index in [9.17, 15) is 18.0 Å². The third kappa shape index (κ3) is 2.76. The highest BCUT2D eigenvalue weighted by Crippen LogP contribution is 2.10. The molecule has 0 fully saturated rings. The molecule has 0 aliphatic rings. The summed E-state index contributed by atoms with van der Waals surface area (Å²) < 4.78 is 28.9. The number of nitrogens with one attached hydrogen (secondary N) is 2. The maximum Gasteiger partial charge on any atom is 0.330 e. The molecule has 126 valence electrons. The van der Waals surface area contributed by atoms with E-state index in [-0.39, 0.29) is 6.54 Å². The van der Waals surface area contributed by atoms with Gasteiger partial charge in [0.25, 0.3) is 5.56 Å². The van der Waals surface area contributed by atoms with Crippen LogP contribution in [0.4, 0.5) is 0 Å². The summed E-state index contributed by atoms with van der Waals surface area (Å²) in [7, 11) is -1.49. The van der Waals surface area contributed by atoms with Gasteiger partial charge in [0, 0.05) is 20.3 Å². The van der Waals surface area contributed by atoms with Crippen molar-refractivity contribution in [3.63, 3.8) is 0 Å². The van der Waals surface area contributed by atoms with Crippen LogP contribution in [0.1, 0.15) is 5.82 Å². The molecule has 0 atom stereocenters. The van der Waals surface area contributed by atoms with Gasteiger partial charge in [0.2, 0.25) is 10.0 Å². The highest BCUT2D eigenvalue weighted by Gasteiger charge is 2.21. The molecular weight excluding hydrogens is 334 g/mol. The van der Waals surface area contributed by atoms with Crippen molar-refractivity contribution in [3.05, 3.63) is 57.1 Å². The molecule has 0 spiro atoms. The van der Waals surface area contributed by atoms with E-state index in [1.54, 1.807) is 6.07 Å². The van der Waals surface area contributed by atoms with Gasteiger partial charge in [-0.1, -0.05) is 12.1 Å². The first kappa shape index (κ1) is 16.1. The van der Waals surface area contributed by atoms with Crippen molar-refractivity contribution >= 4 is 21.1 Å². The average molecular weight is 349 g/mol. The highest BCUT2D eigenvalue weighted by molar-refractivity contribution is 7.89. The molecule has 0 amide bonds. The Morgan fingerprint density at radius 2 is 1.92 bits per heavy atom. The Labute approximate surface area is 136 Å². The van der Waals surface area contributed by atoms with E-state index < -0.39 is 26.2 Å². The number of imidazole rings is 1. The van der Waals surface area contributed by atoms with Gasteiger partial charge in [0.15, 0.2) is 4.90 Å². The third-order valence-corrected chi connectivity index (χ3v) is 4.96. The average Bonchev–Trinajstić information content (AvgIpc) is 2.97. The largest absolute Gasteiger partial charge is 0.341 e. The lowest BCUT2D eigenvalue weighted by molar-refractivity contribution is 0.569. The molecule has 0 unspecified atom stereocenters. The molecule has 0 bridgehead atoms. The van der Waals surface area contributed by atoms with Crippen molar-refractivity contribution < 1.29 is 8.42 Å². The minimum atomic E-state index is -4.09. The van der Waals surface area contributed by atoms with E-state index in [1.165, 1.54) is 14.1 Å². The van der Waals surface area contributed by atoms with E-state index >= 15 is 0 Å². The predicted molar refractivity (Wildman–Crippen MR) is 87.0 cm³/mol. The van der Waals surface area contributed by atoms with E-state index in [2.05, 4.69) is 14.7 Å². The lowest BCUT2D eigenvalue weighted by Gasteiger charge is -2.08. The van der Waals surface area contributed by atoms with Gasteiger partial charge in [0.05, 0.1) is 17.6 Å². The molecular formula is C14H15N5O4S. The summed E-state index contributed by atoms with van der Waals surface area (Å²) in [6.45, 7) is -0.108. The smallest absolute Gasteiger partial charge is 0.330 e. The molecule has 24 heavy (non-hydrogen) atoms. The van der Waals surface area contributed by atoms with Crippen LogP contribution in [0.3, 0.4) is 0 Å². The van der Waals surface area contributed by atoms with Gasteiger partial charge in [-0.05, 0) is 12.1 Å². The number of aromatic amines is 1. The Morgan fingerprint density at radius 3 is 2.62 bits per heavy atom. The molecule has 0 saturated heterocycles. The zero-order valence-electron chi connectivity index (χ0n) is 13.0. The number of benzene rings is 1. The van der Waals surface area contributed by atoms with Crippen LogP contribution in [0.25, 0.3) is 11.0 Å². The number of aryl methyl sites for hydroxylation is 1. The van der Waals surface area contributed by atoms with Gasteiger partial charge in [-0.2, -0.15) is 0 Å². The van der Waals surface area contributed by atoms with Crippen LogP contribution in [0.2, 0.25) is 0 Å². The highest BCUT2D eigenvalue weighted by atomic mass is 32.2. The first-order valence-corrected chi connectivity index (χ1v) is 8.48. The first-order chi connectivity index (χ1) is 11.3. The van der Waals surface area contributed by atoms with Crippen molar-refractivity contribution in [1.82, 2.24) is 23.8 Å². The Balaban J connectivity index is 1.92. The summed E-state index contributed by atoms with van der Waals surface area (Å²) in [5.74, 6) is 0.418. The lowest BCUT2D eigenvalue weighted by atomic mass is 10.3. The van der Waals surface area contributed by atoms with E-state index in [4.69, 9.17) is 0 Å². The van der Waals surface area contributed by atoms with E-state index in [1.807, 2.05) is 18.2 Å². The van der Waals surface area contributed by atoms with Gasteiger partial charge in [-0.25, -0.2) is 22.9 Å². The Kier molecular flexibility index (Phi) is 3.85. The fourth-order valence-corrected chi connectivity index (χ4v) is 3.44. The second-order valence-electron chi connectivity index (χ2n) is 5.28. The fraction of sp³-hybridized carbons (Fsp3) is 0.214. The molecule has 0 aliphatic carbocycles. The number of hydrogen-bond acceptors (Lipinski definition) is 5. The van der Waals surface area contributed by atoms with Gasteiger partial charge >= 0.3 is 5.69 Å². The quantitative estimate of drug-likeness (QED) is 0.654. The number of rotatable bonds is 4. The summed E-state index contributed by atoms with van der Waals surface area (Å²) in [6.07, 6.45) is 1.01. The molecule has 0 saturated carbocycles. The second-order valence-corrected chi connectivity index (χ2v) is 7.01. The summed E-state index contributed by atoms with van der Waals surface area (Å²) in [5.41, 5.74) is 0.0147. The van der Waals surface area contributed by atoms with Crippen LogP contribution in [-0.2, 0) is 30.7 Å². The second kappa shape index (κ2) is 5.73. The molecule has 0 aliphatic heterocycles. The fourth-order valence-electron chi connectivity index (χ4n) is 2.29. The summed E-state index contributed by atoms with van der Waals surface area (Å²) in [6, 6.07) is 7.28. The Morgan fingerprint density at radius 1 is 1.21 bits per heavy atom. The number of H-pyrrole nitrogens is 1. The molecule has 10 heteroatoms. The standard InChI is InChI=1S/C14H15N5O4S/c1-18-8-11(13(20)19(2)14(18)21)24(22,23)15-7-12-16-9-5-3-4-6-10(9)17-12/h3-6,8,15H,7H2,1-2H3,(H,16,17). The summed E-state index contributed by atoms with van der Waals surface area (Å²) in [5, 5.41) is 0. The minimum absolute atomic E-state index is 0.108.